The molecular formula is C16H13N3OS. The van der Waals surface area contributed by atoms with Crippen LogP contribution in [0.4, 0.5) is 5.82 Å². The average molecular weight is 295 g/mol. The number of rotatable bonds is 3. The van der Waals surface area contributed by atoms with E-state index in [4.69, 9.17) is 5.41 Å². The lowest BCUT2D eigenvalue weighted by atomic mass is 10.2. The summed E-state index contributed by atoms with van der Waals surface area (Å²) in [5.41, 5.74) is 1.45. The van der Waals surface area contributed by atoms with Gasteiger partial charge < -0.3 is 5.32 Å². The molecule has 0 aliphatic rings. The third-order valence-corrected chi connectivity index (χ3v) is 3.77. The van der Waals surface area contributed by atoms with Gasteiger partial charge in [-0.15, -0.1) is 11.3 Å². The number of carbonyl (C=O) groups is 1. The molecule has 1 aromatic heterocycles. The van der Waals surface area contributed by atoms with Crippen molar-refractivity contribution >= 4 is 23.1 Å². The maximum atomic E-state index is 12.2. The van der Waals surface area contributed by atoms with Crippen molar-refractivity contribution in [1.29, 1.82) is 5.41 Å². The topological polar surface area (TPSA) is 57.9 Å². The predicted octanol–water partition coefficient (Wildman–Crippen LogP) is 3.27. The van der Waals surface area contributed by atoms with Gasteiger partial charge in [0.15, 0.2) is 4.80 Å². The molecule has 3 aromatic rings. The number of hydrogen-bond acceptors (Lipinski definition) is 3. The van der Waals surface area contributed by atoms with Crippen molar-refractivity contribution in [3.8, 4) is 5.69 Å². The van der Waals surface area contributed by atoms with E-state index in [1.807, 2.05) is 48.5 Å². The summed E-state index contributed by atoms with van der Waals surface area (Å²) in [6, 6.07) is 18.6. The highest BCUT2D eigenvalue weighted by Gasteiger charge is 2.11. The van der Waals surface area contributed by atoms with E-state index in [9.17, 15) is 4.79 Å². The third kappa shape index (κ3) is 2.78. The molecule has 0 saturated heterocycles. The Morgan fingerprint density at radius 1 is 1.00 bits per heavy atom. The van der Waals surface area contributed by atoms with Gasteiger partial charge in [0.1, 0.15) is 5.82 Å². The highest BCUT2D eigenvalue weighted by molar-refractivity contribution is 7.07. The lowest BCUT2D eigenvalue weighted by Gasteiger charge is -2.09. The van der Waals surface area contributed by atoms with Crippen LogP contribution in [0.25, 0.3) is 5.69 Å². The fourth-order valence-electron chi connectivity index (χ4n) is 2.02. The Morgan fingerprint density at radius 3 is 2.29 bits per heavy atom. The van der Waals surface area contributed by atoms with Gasteiger partial charge in [0, 0.05) is 16.6 Å². The van der Waals surface area contributed by atoms with Crippen molar-refractivity contribution in [2.24, 2.45) is 0 Å². The van der Waals surface area contributed by atoms with Crippen molar-refractivity contribution < 1.29 is 4.79 Å². The van der Waals surface area contributed by atoms with Gasteiger partial charge in [-0.3, -0.25) is 14.8 Å². The Labute approximate surface area is 125 Å². The molecule has 0 aliphatic carbocycles. The second kappa shape index (κ2) is 5.76. The molecule has 4 nitrogen and oxygen atoms in total. The van der Waals surface area contributed by atoms with E-state index >= 15 is 0 Å². The number of benzene rings is 2. The van der Waals surface area contributed by atoms with Crippen molar-refractivity contribution in [3.05, 3.63) is 76.4 Å². The Kier molecular flexibility index (Phi) is 3.66. The summed E-state index contributed by atoms with van der Waals surface area (Å²) in [6.07, 6.45) is 0. The standard InChI is InChI=1S/C16H13N3OS/c17-16-19(13-9-5-2-6-10-13)14(11-21-16)18-15(20)12-7-3-1-4-8-12/h1-11,17H,(H,18,20). The van der Waals surface area contributed by atoms with Crippen molar-refractivity contribution in [3.63, 3.8) is 0 Å². The zero-order valence-electron chi connectivity index (χ0n) is 11.1. The molecule has 2 N–H and O–H groups in total. The lowest BCUT2D eigenvalue weighted by molar-refractivity contribution is 0.102. The van der Waals surface area contributed by atoms with Gasteiger partial charge in [0.05, 0.1) is 0 Å². The number of aromatic nitrogens is 1. The highest BCUT2D eigenvalue weighted by atomic mass is 32.1. The number of nitrogens with zero attached hydrogens (tertiary/aromatic N) is 1. The molecule has 0 spiro atoms. The van der Waals surface area contributed by atoms with Crippen molar-refractivity contribution in [1.82, 2.24) is 4.57 Å². The zero-order chi connectivity index (χ0) is 14.7. The first kappa shape index (κ1) is 13.3. The van der Waals surface area contributed by atoms with Crippen LogP contribution in [-0.2, 0) is 0 Å². The fraction of sp³-hybridized carbons (Fsp3) is 0. The summed E-state index contributed by atoms with van der Waals surface area (Å²) >= 11 is 1.28. The fourth-order valence-corrected chi connectivity index (χ4v) is 2.72. The van der Waals surface area contributed by atoms with Crippen LogP contribution in [0.2, 0.25) is 0 Å². The van der Waals surface area contributed by atoms with Gasteiger partial charge in [-0.1, -0.05) is 36.4 Å². The second-order valence-electron chi connectivity index (χ2n) is 4.42. The Hall–Kier alpha value is -2.66. The molecule has 0 aliphatic heterocycles. The van der Waals surface area contributed by atoms with E-state index in [0.717, 1.165) is 5.69 Å². The number of anilines is 1. The minimum atomic E-state index is -0.182. The van der Waals surface area contributed by atoms with Crippen molar-refractivity contribution in [2.45, 2.75) is 0 Å². The van der Waals surface area contributed by atoms with E-state index in [1.54, 1.807) is 22.1 Å². The van der Waals surface area contributed by atoms with Crippen LogP contribution in [0.15, 0.2) is 66.0 Å². The van der Waals surface area contributed by atoms with Crippen LogP contribution in [0.5, 0.6) is 0 Å². The molecule has 0 atom stereocenters. The second-order valence-corrected chi connectivity index (χ2v) is 5.28. The summed E-state index contributed by atoms with van der Waals surface area (Å²) in [7, 11) is 0. The molecule has 0 fully saturated rings. The summed E-state index contributed by atoms with van der Waals surface area (Å²) in [5, 5.41) is 12.6. The number of amides is 1. The van der Waals surface area contributed by atoms with E-state index in [1.165, 1.54) is 11.3 Å². The molecule has 2 aromatic carbocycles. The predicted molar refractivity (Wildman–Crippen MR) is 83.9 cm³/mol. The maximum absolute atomic E-state index is 12.2. The highest BCUT2D eigenvalue weighted by Crippen LogP contribution is 2.16. The molecule has 0 radical (unpaired) electrons. The van der Waals surface area contributed by atoms with Crippen LogP contribution in [0.1, 0.15) is 10.4 Å². The molecule has 5 heteroatoms. The normalized spacial score (nSPS) is 10.3. The average Bonchev–Trinajstić information content (AvgIpc) is 2.89. The molecular weight excluding hydrogens is 282 g/mol. The summed E-state index contributed by atoms with van der Waals surface area (Å²) in [5.74, 6) is 0.420. The van der Waals surface area contributed by atoms with Crippen molar-refractivity contribution in [2.75, 3.05) is 5.32 Å². The van der Waals surface area contributed by atoms with Crippen LogP contribution in [0.3, 0.4) is 0 Å². The minimum absolute atomic E-state index is 0.182. The Balaban J connectivity index is 1.95. The van der Waals surface area contributed by atoms with E-state index in [0.29, 0.717) is 16.2 Å². The SMILES string of the molecule is N=c1scc(NC(=O)c2ccccc2)n1-c1ccccc1. The molecule has 1 heterocycles. The summed E-state index contributed by atoms with van der Waals surface area (Å²) in [6.45, 7) is 0. The summed E-state index contributed by atoms with van der Waals surface area (Å²) < 4.78 is 1.71. The first-order valence-electron chi connectivity index (χ1n) is 6.42. The number of hydrogen-bond donors (Lipinski definition) is 2. The van der Waals surface area contributed by atoms with Gasteiger partial charge in [-0.2, -0.15) is 0 Å². The number of para-hydroxylation sites is 1. The number of nitrogens with one attached hydrogen (secondary N) is 2. The summed E-state index contributed by atoms with van der Waals surface area (Å²) in [4.78, 5) is 12.6. The van der Waals surface area contributed by atoms with E-state index in [-0.39, 0.29) is 5.91 Å². The van der Waals surface area contributed by atoms with E-state index in [2.05, 4.69) is 5.32 Å². The molecule has 104 valence electrons. The van der Waals surface area contributed by atoms with E-state index < -0.39 is 0 Å². The molecule has 21 heavy (non-hydrogen) atoms. The lowest BCUT2D eigenvalue weighted by Crippen LogP contribution is -2.19. The smallest absolute Gasteiger partial charge is 0.256 e. The van der Waals surface area contributed by atoms with Crippen LogP contribution in [0, 0.1) is 5.41 Å². The monoisotopic (exact) mass is 295 g/mol. The van der Waals surface area contributed by atoms with Crippen LogP contribution in [-0.4, -0.2) is 10.5 Å². The van der Waals surface area contributed by atoms with Gasteiger partial charge in [0.25, 0.3) is 5.91 Å². The first-order chi connectivity index (χ1) is 10.3. The molecule has 0 bridgehead atoms. The largest absolute Gasteiger partial charge is 0.307 e. The van der Waals surface area contributed by atoms with Gasteiger partial charge in [-0.05, 0) is 24.3 Å². The number of thiazole rings is 1. The number of carbonyl (C=O) groups excluding carboxylic acids is 1. The Bertz CT molecular complexity index is 806. The maximum Gasteiger partial charge on any atom is 0.256 e. The molecule has 0 saturated carbocycles. The molecule has 0 unspecified atom stereocenters. The zero-order valence-corrected chi connectivity index (χ0v) is 11.9. The first-order valence-corrected chi connectivity index (χ1v) is 7.30. The van der Waals surface area contributed by atoms with Crippen LogP contribution < -0.4 is 10.1 Å². The molecule has 3 rings (SSSR count). The van der Waals surface area contributed by atoms with Gasteiger partial charge in [-0.25, -0.2) is 0 Å². The third-order valence-electron chi connectivity index (χ3n) is 3.02. The van der Waals surface area contributed by atoms with Gasteiger partial charge >= 0.3 is 0 Å². The molecule has 1 amide bonds. The minimum Gasteiger partial charge on any atom is -0.307 e. The van der Waals surface area contributed by atoms with Crippen LogP contribution >= 0.6 is 11.3 Å². The van der Waals surface area contributed by atoms with Gasteiger partial charge in [0.2, 0.25) is 0 Å². The quantitative estimate of drug-likeness (QED) is 0.765. The Morgan fingerprint density at radius 2 is 1.62 bits per heavy atom.